The van der Waals surface area contributed by atoms with E-state index in [-0.39, 0.29) is 0 Å². The van der Waals surface area contributed by atoms with Gasteiger partial charge < -0.3 is 15.0 Å². The smallest absolute Gasteiger partial charge is 0.133 e. The van der Waals surface area contributed by atoms with E-state index >= 15 is 0 Å². The predicted molar refractivity (Wildman–Crippen MR) is 72.1 cm³/mol. The zero-order valence-electron chi connectivity index (χ0n) is 9.69. The largest absolute Gasteiger partial charge is 0.496 e. The first-order valence-electron chi connectivity index (χ1n) is 5.40. The van der Waals surface area contributed by atoms with Crippen LogP contribution in [-0.4, -0.2) is 11.7 Å². The number of hydrogen-bond acceptors (Lipinski definition) is 2. The summed E-state index contributed by atoms with van der Waals surface area (Å²) in [4.78, 5) is 0. The van der Waals surface area contributed by atoms with Gasteiger partial charge in [-0.05, 0) is 45.3 Å². The van der Waals surface area contributed by atoms with Gasteiger partial charge in [-0.25, -0.2) is 0 Å². The number of aromatic nitrogens is 1. The number of methoxy groups -OCH3 is 1. The van der Waals surface area contributed by atoms with Crippen molar-refractivity contribution < 1.29 is 4.74 Å². The Kier molecular flexibility index (Phi) is 3.86. The molecule has 3 nitrogen and oxygen atoms in total. The predicted octanol–water partition coefficient (Wildman–Crippen LogP) is 2.77. The van der Waals surface area contributed by atoms with Gasteiger partial charge in [0.1, 0.15) is 5.75 Å². The second-order valence-electron chi connectivity index (χ2n) is 3.87. The minimum absolute atomic E-state index is 0.583. The van der Waals surface area contributed by atoms with E-state index in [0.717, 1.165) is 22.3 Å². The van der Waals surface area contributed by atoms with Crippen LogP contribution in [0.25, 0.3) is 0 Å². The summed E-state index contributed by atoms with van der Waals surface area (Å²) in [5, 5.41) is 0. The minimum Gasteiger partial charge on any atom is -0.496 e. The van der Waals surface area contributed by atoms with Gasteiger partial charge in [-0.2, -0.15) is 0 Å². The van der Waals surface area contributed by atoms with Crippen LogP contribution in [-0.2, 0) is 13.1 Å². The molecule has 1 aromatic heterocycles. The zero-order chi connectivity index (χ0) is 12.3. The molecule has 1 aromatic carbocycles. The molecule has 0 aliphatic heterocycles. The number of hydrogen-bond donors (Lipinski definition) is 1. The van der Waals surface area contributed by atoms with Crippen molar-refractivity contribution in [3.63, 3.8) is 0 Å². The third-order valence-corrected chi connectivity index (χ3v) is 3.25. The van der Waals surface area contributed by atoms with E-state index in [1.807, 2.05) is 18.3 Å². The van der Waals surface area contributed by atoms with Crippen molar-refractivity contribution in [2.45, 2.75) is 13.1 Å². The first-order valence-corrected chi connectivity index (χ1v) is 6.19. The summed E-state index contributed by atoms with van der Waals surface area (Å²) in [6.07, 6.45) is 4.11. The van der Waals surface area contributed by atoms with Gasteiger partial charge >= 0.3 is 0 Å². The van der Waals surface area contributed by atoms with Crippen LogP contribution in [0, 0.1) is 0 Å². The van der Waals surface area contributed by atoms with E-state index in [1.54, 1.807) is 7.11 Å². The fraction of sp³-hybridized carbons (Fsp3) is 0.231. The molecule has 2 aromatic rings. The Balaban J connectivity index is 2.15. The quantitative estimate of drug-likeness (QED) is 0.942. The fourth-order valence-electron chi connectivity index (χ4n) is 1.73. The average Bonchev–Trinajstić information content (AvgIpc) is 2.77. The Bertz CT molecular complexity index is 508. The SMILES string of the molecule is COc1ccc(Cn2ccc(CN)c2)cc1Br. The molecule has 0 bridgehead atoms. The van der Waals surface area contributed by atoms with Crippen LogP contribution >= 0.6 is 15.9 Å². The average molecular weight is 295 g/mol. The van der Waals surface area contributed by atoms with Crippen molar-refractivity contribution in [3.05, 3.63) is 52.3 Å². The number of rotatable bonds is 4. The second kappa shape index (κ2) is 5.38. The molecule has 0 amide bonds. The lowest BCUT2D eigenvalue weighted by molar-refractivity contribution is 0.412. The minimum atomic E-state index is 0.583. The van der Waals surface area contributed by atoms with Crippen molar-refractivity contribution in [2.75, 3.05) is 7.11 Å². The van der Waals surface area contributed by atoms with Crippen LogP contribution in [0.5, 0.6) is 5.75 Å². The highest BCUT2D eigenvalue weighted by molar-refractivity contribution is 9.10. The summed E-state index contributed by atoms with van der Waals surface area (Å²) in [5.74, 6) is 0.851. The molecule has 0 fully saturated rings. The molecule has 0 unspecified atom stereocenters. The van der Waals surface area contributed by atoms with E-state index < -0.39 is 0 Å². The van der Waals surface area contributed by atoms with E-state index in [9.17, 15) is 0 Å². The van der Waals surface area contributed by atoms with Gasteiger partial charge in [-0.3, -0.25) is 0 Å². The molecule has 1 heterocycles. The summed E-state index contributed by atoms with van der Waals surface area (Å²) < 4.78 is 8.30. The van der Waals surface area contributed by atoms with Crippen molar-refractivity contribution >= 4 is 15.9 Å². The summed E-state index contributed by atoms with van der Waals surface area (Å²) in [6, 6.07) is 8.14. The van der Waals surface area contributed by atoms with Gasteiger partial charge in [-0.15, -0.1) is 0 Å². The number of nitrogens with two attached hydrogens (primary N) is 1. The molecular weight excluding hydrogens is 280 g/mol. The highest BCUT2D eigenvalue weighted by Gasteiger charge is 2.02. The maximum atomic E-state index is 5.58. The summed E-state index contributed by atoms with van der Waals surface area (Å²) in [6.45, 7) is 1.42. The number of benzene rings is 1. The zero-order valence-corrected chi connectivity index (χ0v) is 11.3. The van der Waals surface area contributed by atoms with Gasteiger partial charge in [0.2, 0.25) is 0 Å². The molecule has 0 aliphatic carbocycles. The molecule has 17 heavy (non-hydrogen) atoms. The van der Waals surface area contributed by atoms with Crippen molar-refractivity contribution in [2.24, 2.45) is 5.73 Å². The van der Waals surface area contributed by atoms with Crippen molar-refractivity contribution in [1.82, 2.24) is 4.57 Å². The molecule has 0 atom stereocenters. The molecule has 2 rings (SSSR count). The topological polar surface area (TPSA) is 40.2 Å². The molecule has 0 spiro atoms. The van der Waals surface area contributed by atoms with Crippen LogP contribution in [0.3, 0.4) is 0 Å². The maximum absolute atomic E-state index is 5.58. The first kappa shape index (κ1) is 12.2. The van der Waals surface area contributed by atoms with Crippen LogP contribution in [0.1, 0.15) is 11.1 Å². The molecule has 90 valence electrons. The second-order valence-corrected chi connectivity index (χ2v) is 4.72. The monoisotopic (exact) mass is 294 g/mol. The fourth-order valence-corrected chi connectivity index (χ4v) is 2.32. The van der Waals surface area contributed by atoms with Gasteiger partial charge in [-0.1, -0.05) is 6.07 Å². The van der Waals surface area contributed by atoms with Crippen LogP contribution in [0.15, 0.2) is 41.1 Å². The molecule has 0 radical (unpaired) electrons. The standard InChI is InChI=1S/C13H15BrN2O/c1-17-13-3-2-10(6-12(13)14)8-16-5-4-11(7-15)9-16/h2-6,9H,7-8,15H2,1H3. The summed E-state index contributed by atoms with van der Waals surface area (Å²) >= 11 is 3.49. The Hall–Kier alpha value is -1.26. The molecule has 2 N–H and O–H groups in total. The van der Waals surface area contributed by atoms with Crippen LogP contribution < -0.4 is 10.5 Å². The van der Waals surface area contributed by atoms with Gasteiger partial charge in [0, 0.05) is 25.5 Å². The van der Waals surface area contributed by atoms with E-state index in [2.05, 4.69) is 38.8 Å². The Morgan fingerprint density at radius 3 is 2.71 bits per heavy atom. The summed E-state index contributed by atoms with van der Waals surface area (Å²) in [5.41, 5.74) is 7.95. The lowest BCUT2D eigenvalue weighted by Gasteiger charge is -2.07. The van der Waals surface area contributed by atoms with Crippen LogP contribution in [0.4, 0.5) is 0 Å². The normalized spacial score (nSPS) is 10.5. The highest BCUT2D eigenvalue weighted by atomic mass is 79.9. The number of nitrogens with zero attached hydrogens (tertiary/aromatic N) is 1. The Morgan fingerprint density at radius 2 is 2.12 bits per heavy atom. The van der Waals surface area contributed by atoms with E-state index in [0.29, 0.717) is 6.54 Å². The number of ether oxygens (including phenoxy) is 1. The lowest BCUT2D eigenvalue weighted by atomic mass is 10.2. The molecule has 0 aliphatic rings. The Morgan fingerprint density at radius 1 is 1.29 bits per heavy atom. The molecule has 0 saturated carbocycles. The third kappa shape index (κ3) is 2.90. The molecule has 0 saturated heterocycles. The maximum Gasteiger partial charge on any atom is 0.133 e. The summed E-state index contributed by atoms with van der Waals surface area (Å²) in [7, 11) is 1.67. The lowest BCUT2D eigenvalue weighted by Crippen LogP contribution is -1.98. The van der Waals surface area contributed by atoms with E-state index in [1.165, 1.54) is 5.56 Å². The third-order valence-electron chi connectivity index (χ3n) is 2.63. The first-order chi connectivity index (χ1) is 8.22. The Labute approximate surface area is 109 Å². The molecule has 4 heteroatoms. The highest BCUT2D eigenvalue weighted by Crippen LogP contribution is 2.25. The van der Waals surface area contributed by atoms with Gasteiger partial charge in [0.15, 0.2) is 0 Å². The van der Waals surface area contributed by atoms with E-state index in [4.69, 9.17) is 10.5 Å². The van der Waals surface area contributed by atoms with Crippen LogP contribution in [0.2, 0.25) is 0 Å². The van der Waals surface area contributed by atoms with Gasteiger partial charge in [0.05, 0.1) is 11.6 Å². The van der Waals surface area contributed by atoms with Gasteiger partial charge in [0.25, 0.3) is 0 Å². The molecular formula is C13H15BrN2O. The van der Waals surface area contributed by atoms with Crippen molar-refractivity contribution in [1.29, 1.82) is 0 Å². The number of halogens is 1. The van der Waals surface area contributed by atoms with Crippen molar-refractivity contribution in [3.8, 4) is 5.75 Å².